The van der Waals surface area contributed by atoms with E-state index in [1.807, 2.05) is 65.6 Å². The summed E-state index contributed by atoms with van der Waals surface area (Å²) in [6.07, 6.45) is 2.64. The number of carbonyl (C=O) groups is 1. The number of benzene rings is 2. The Kier molecular flexibility index (Phi) is 6.63. The first-order chi connectivity index (χ1) is 13.0. The zero-order valence-corrected chi connectivity index (χ0v) is 16.2. The predicted octanol–water partition coefficient (Wildman–Crippen LogP) is 3.05. The summed E-state index contributed by atoms with van der Waals surface area (Å²) in [5.41, 5.74) is 1.52. The number of amides is 1. The summed E-state index contributed by atoms with van der Waals surface area (Å²) in [7, 11) is -3.31. The van der Waals surface area contributed by atoms with Gasteiger partial charge >= 0.3 is 0 Å². The molecule has 1 N–H and O–H groups in total. The fourth-order valence-corrected chi connectivity index (χ4v) is 4.61. The summed E-state index contributed by atoms with van der Waals surface area (Å²) in [5, 5.41) is 0. The van der Waals surface area contributed by atoms with Crippen molar-refractivity contribution in [1.82, 2.24) is 9.62 Å². The molecule has 0 bridgehead atoms. The maximum Gasteiger partial charge on any atom is 0.253 e. The fraction of sp³-hybridized carbons (Fsp3) is 0.381. The van der Waals surface area contributed by atoms with Gasteiger partial charge in [-0.25, -0.2) is 13.1 Å². The van der Waals surface area contributed by atoms with E-state index in [0.29, 0.717) is 12.5 Å². The molecule has 144 valence electrons. The largest absolute Gasteiger partial charge is 0.339 e. The lowest BCUT2D eigenvalue weighted by atomic mass is 9.93. The number of nitrogens with zero attached hydrogens (tertiary/aromatic N) is 1. The average Bonchev–Trinajstić information content (AvgIpc) is 2.69. The zero-order valence-electron chi connectivity index (χ0n) is 15.4. The Labute approximate surface area is 161 Å². The molecule has 1 fully saturated rings. The summed E-state index contributed by atoms with van der Waals surface area (Å²) in [6, 6.07) is 18.5. The van der Waals surface area contributed by atoms with Crippen LogP contribution >= 0.6 is 0 Å². The van der Waals surface area contributed by atoms with E-state index in [1.165, 1.54) is 0 Å². The summed E-state index contributed by atoms with van der Waals surface area (Å²) in [6.45, 7) is 1.91. The summed E-state index contributed by atoms with van der Waals surface area (Å²) in [5.74, 6) is 0.541. The van der Waals surface area contributed by atoms with Crippen LogP contribution in [0, 0.1) is 5.92 Å². The smallest absolute Gasteiger partial charge is 0.253 e. The van der Waals surface area contributed by atoms with Crippen molar-refractivity contribution in [2.75, 3.05) is 19.6 Å². The molecule has 0 aliphatic carbocycles. The van der Waals surface area contributed by atoms with E-state index in [9.17, 15) is 13.2 Å². The maximum atomic E-state index is 12.5. The Morgan fingerprint density at radius 3 is 2.19 bits per heavy atom. The van der Waals surface area contributed by atoms with Gasteiger partial charge in [-0.2, -0.15) is 0 Å². The number of carbonyl (C=O) groups excluding carboxylic acids is 1. The van der Waals surface area contributed by atoms with E-state index in [-0.39, 0.29) is 11.7 Å². The minimum absolute atomic E-state index is 0.0118. The van der Waals surface area contributed by atoms with Crippen LogP contribution in [0.3, 0.4) is 0 Å². The van der Waals surface area contributed by atoms with Crippen LogP contribution in [-0.2, 0) is 15.8 Å². The van der Waals surface area contributed by atoms with Crippen molar-refractivity contribution in [3.05, 3.63) is 71.8 Å². The van der Waals surface area contributed by atoms with Gasteiger partial charge in [0.05, 0.1) is 5.75 Å². The Balaban J connectivity index is 1.40. The molecule has 5 nitrogen and oxygen atoms in total. The highest BCUT2D eigenvalue weighted by Gasteiger charge is 2.23. The first-order valence-corrected chi connectivity index (χ1v) is 11.0. The van der Waals surface area contributed by atoms with Crippen LogP contribution < -0.4 is 4.72 Å². The molecule has 0 atom stereocenters. The molecule has 1 aliphatic heterocycles. The van der Waals surface area contributed by atoms with Crippen LogP contribution in [0.15, 0.2) is 60.7 Å². The van der Waals surface area contributed by atoms with Crippen molar-refractivity contribution < 1.29 is 13.2 Å². The number of nitrogens with one attached hydrogen (secondary N) is 1. The number of likely N-dealkylation sites (tertiary alicyclic amines) is 1. The second-order valence-corrected chi connectivity index (χ2v) is 8.84. The highest BCUT2D eigenvalue weighted by atomic mass is 32.2. The Morgan fingerprint density at radius 1 is 0.963 bits per heavy atom. The minimum atomic E-state index is -3.31. The molecule has 0 radical (unpaired) electrons. The number of hydrogen-bond donors (Lipinski definition) is 1. The number of piperidine rings is 1. The van der Waals surface area contributed by atoms with Gasteiger partial charge in [0.15, 0.2) is 0 Å². The van der Waals surface area contributed by atoms with E-state index >= 15 is 0 Å². The average molecular weight is 387 g/mol. The van der Waals surface area contributed by atoms with E-state index < -0.39 is 10.0 Å². The van der Waals surface area contributed by atoms with Crippen molar-refractivity contribution in [2.24, 2.45) is 5.92 Å². The molecule has 2 aromatic carbocycles. The first kappa shape index (κ1) is 19.6. The van der Waals surface area contributed by atoms with Gasteiger partial charge < -0.3 is 4.90 Å². The van der Waals surface area contributed by atoms with Crippen molar-refractivity contribution in [3.63, 3.8) is 0 Å². The van der Waals surface area contributed by atoms with Crippen molar-refractivity contribution >= 4 is 15.9 Å². The summed E-state index contributed by atoms with van der Waals surface area (Å²) >= 11 is 0. The van der Waals surface area contributed by atoms with Crippen LogP contribution in [-0.4, -0.2) is 38.9 Å². The minimum Gasteiger partial charge on any atom is -0.339 e. The Morgan fingerprint density at radius 2 is 1.56 bits per heavy atom. The topological polar surface area (TPSA) is 66.5 Å². The molecule has 0 unspecified atom stereocenters. The molecule has 27 heavy (non-hydrogen) atoms. The van der Waals surface area contributed by atoms with Crippen molar-refractivity contribution in [3.8, 4) is 0 Å². The molecule has 0 aromatic heterocycles. The van der Waals surface area contributed by atoms with Gasteiger partial charge in [-0.05, 0) is 42.9 Å². The van der Waals surface area contributed by atoms with Gasteiger partial charge in [0.2, 0.25) is 10.0 Å². The molecule has 3 rings (SSSR count). The lowest BCUT2D eigenvalue weighted by Crippen LogP contribution is -2.39. The maximum absolute atomic E-state index is 12.5. The SMILES string of the molecule is O=C(c1ccccc1)N1CCC(CCNS(=O)(=O)Cc2ccccc2)CC1. The van der Waals surface area contributed by atoms with Crippen molar-refractivity contribution in [1.29, 1.82) is 0 Å². The van der Waals surface area contributed by atoms with Crippen LogP contribution in [0.4, 0.5) is 0 Å². The van der Waals surface area contributed by atoms with Crippen LogP contribution in [0.5, 0.6) is 0 Å². The zero-order chi connectivity index (χ0) is 19.1. The standard InChI is InChI=1S/C21H26N2O3S/c24-21(20-9-5-2-6-10-20)23-15-12-18(13-16-23)11-14-22-27(25,26)17-19-7-3-1-4-8-19/h1-10,18,22H,11-17H2. The first-order valence-electron chi connectivity index (χ1n) is 9.39. The lowest BCUT2D eigenvalue weighted by Gasteiger charge is -2.32. The molecule has 1 amide bonds. The van der Waals surface area contributed by atoms with Crippen LogP contribution in [0.25, 0.3) is 0 Å². The lowest BCUT2D eigenvalue weighted by molar-refractivity contribution is 0.0687. The Hall–Kier alpha value is -2.18. The third kappa shape index (κ3) is 5.91. The molecular weight excluding hydrogens is 360 g/mol. The normalized spacial score (nSPS) is 15.6. The van der Waals surface area contributed by atoms with Gasteiger partial charge in [0.1, 0.15) is 0 Å². The monoisotopic (exact) mass is 386 g/mol. The Bertz CT molecular complexity index is 830. The van der Waals surface area contributed by atoms with E-state index in [4.69, 9.17) is 0 Å². The number of hydrogen-bond acceptors (Lipinski definition) is 3. The third-order valence-electron chi connectivity index (χ3n) is 5.00. The summed E-state index contributed by atoms with van der Waals surface area (Å²) < 4.78 is 27.1. The van der Waals surface area contributed by atoms with Gasteiger partial charge in [0, 0.05) is 25.2 Å². The third-order valence-corrected chi connectivity index (χ3v) is 6.35. The molecule has 1 aliphatic rings. The van der Waals surface area contributed by atoms with Crippen LogP contribution in [0.2, 0.25) is 0 Å². The summed E-state index contributed by atoms with van der Waals surface area (Å²) in [4.78, 5) is 14.4. The number of sulfonamides is 1. The highest BCUT2D eigenvalue weighted by Crippen LogP contribution is 2.21. The van der Waals surface area contributed by atoms with E-state index in [2.05, 4.69) is 4.72 Å². The van der Waals surface area contributed by atoms with Gasteiger partial charge in [-0.3, -0.25) is 4.79 Å². The fourth-order valence-electron chi connectivity index (χ4n) is 3.45. The number of rotatable bonds is 7. The quantitative estimate of drug-likeness (QED) is 0.795. The molecule has 2 aromatic rings. The predicted molar refractivity (Wildman–Crippen MR) is 107 cm³/mol. The molecule has 1 heterocycles. The van der Waals surface area contributed by atoms with E-state index in [0.717, 1.165) is 43.5 Å². The second-order valence-electron chi connectivity index (χ2n) is 7.03. The molecule has 0 spiro atoms. The highest BCUT2D eigenvalue weighted by molar-refractivity contribution is 7.88. The van der Waals surface area contributed by atoms with Crippen LogP contribution in [0.1, 0.15) is 35.2 Å². The van der Waals surface area contributed by atoms with Gasteiger partial charge in [-0.1, -0.05) is 48.5 Å². The van der Waals surface area contributed by atoms with Crippen molar-refractivity contribution in [2.45, 2.75) is 25.0 Å². The molecular formula is C21H26N2O3S. The van der Waals surface area contributed by atoms with Gasteiger partial charge in [-0.15, -0.1) is 0 Å². The second kappa shape index (κ2) is 9.15. The molecule has 0 saturated carbocycles. The molecule has 1 saturated heterocycles. The van der Waals surface area contributed by atoms with Gasteiger partial charge in [0.25, 0.3) is 5.91 Å². The van der Waals surface area contributed by atoms with E-state index in [1.54, 1.807) is 0 Å². The molecule has 6 heteroatoms.